The van der Waals surface area contributed by atoms with E-state index in [1.807, 2.05) is 20.3 Å². The van der Waals surface area contributed by atoms with Crippen LogP contribution in [0.15, 0.2) is 12.8 Å². The molecule has 0 atom stereocenters. The molecule has 70 valence electrons. The standard InChI is InChI=1S/C9H18N2O/c1-4-11(10(2)3)9-5-7-12-8-6-9/h4,9H,1,5-8H2,2-3H3. The summed E-state index contributed by atoms with van der Waals surface area (Å²) in [5.74, 6) is 0. The molecule has 0 aliphatic carbocycles. The molecule has 0 unspecified atom stereocenters. The molecule has 0 aromatic rings. The molecule has 0 saturated carbocycles. The number of hydrazine groups is 1. The summed E-state index contributed by atoms with van der Waals surface area (Å²) >= 11 is 0. The summed E-state index contributed by atoms with van der Waals surface area (Å²) in [5.41, 5.74) is 0. The summed E-state index contributed by atoms with van der Waals surface area (Å²) in [6.45, 7) is 5.56. The average Bonchev–Trinajstić information content (AvgIpc) is 2.07. The first-order valence-electron chi connectivity index (χ1n) is 4.41. The molecule has 1 fully saturated rings. The summed E-state index contributed by atoms with van der Waals surface area (Å²) in [6.07, 6.45) is 4.09. The van der Waals surface area contributed by atoms with Crippen LogP contribution in [0.1, 0.15) is 12.8 Å². The van der Waals surface area contributed by atoms with Gasteiger partial charge in [-0.25, -0.2) is 5.01 Å². The molecular formula is C9H18N2O. The highest BCUT2D eigenvalue weighted by Crippen LogP contribution is 2.14. The molecule has 0 N–H and O–H groups in total. The third-order valence-electron chi connectivity index (χ3n) is 2.21. The van der Waals surface area contributed by atoms with Gasteiger partial charge in [0.05, 0.1) is 0 Å². The Balaban J connectivity index is 2.45. The molecule has 1 rings (SSSR count). The normalized spacial score (nSPS) is 19.6. The zero-order valence-electron chi connectivity index (χ0n) is 7.99. The maximum atomic E-state index is 5.29. The second-order valence-electron chi connectivity index (χ2n) is 3.25. The van der Waals surface area contributed by atoms with E-state index in [1.165, 1.54) is 0 Å². The molecule has 3 nitrogen and oxygen atoms in total. The maximum absolute atomic E-state index is 5.29. The van der Waals surface area contributed by atoms with Crippen LogP contribution < -0.4 is 0 Å². The Morgan fingerprint density at radius 2 is 1.92 bits per heavy atom. The third kappa shape index (κ3) is 2.22. The van der Waals surface area contributed by atoms with Gasteiger partial charge in [-0.15, -0.1) is 0 Å². The number of rotatable bonds is 3. The van der Waals surface area contributed by atoms with Gasteiger partial charge in [-0.05, 0) is 12.8 Å². The van der Waals surface area contributed by atoms with E-state index < -0.39 is 0 Å². The van der Waals surface area contributed by atoms with Crippen LogP contribution in [0.4, 0.5) is 0 Å². The van der Waals surface area contributed by atoms with E-state index in [-0.39, 0.29) is 0 Å². The lowest BCUT2D eigenvalue weighted by molar-refractivity contribution is -0.0252. The van der Waals surface area contributed by atoms with Gasteiger partial charge in [0, 0.05) is 39.6 Å². The molecule has 0 spiro atoms. The highest BCUT2D eigenvalue weighted by atomic mass is 16.5. The van der Waals surface area contributed by atoms with Crippen LogP contribution in [-0.4, -0.2) is 43.4 Å². The first-order chi connectivity index (χ1) is 5.75. The second kappa shape index (κ2) is 4.48. The van der Waals surface area contributed by atoms with Gasteiger partial charge < -0.3 is 9.75 Å². The minimum atomic E-state index is 0.575. The molecule has 0 aromatic heterocycles. The zero-order valence-corrected chi connectivity index (χ0v) is 7.99. The molecule has 0 bridgehead atoms. The van der Waals surface area contributed by atoms with Crippen LogP contribution in [0.5, 0.6) is 0 Å². The van der Waals surface area contributed by atoms with Gasteiger partial charge in [-0.2, -0.15) is 0 Å². The number of hydrogen-bond donors (Lipinski definition) is 0. The largest absolute Gasteiger partial charge is 0.381 e. The van der Waals surface area contributed by atoms with Gasteiger partial charge in [-0.1, -0.05) is 6.58 Å². The van der Waals surface area contributed by atoms with Gasteiger partial charge in [0.2, 0.25) is 0 Å². The molecule has 1 saturated heterocycles. The quantitative estimate of drug-likeness (QED) is 0.590. The maximum Gasteiger partial charge on any atom is 0.0494 e. The van der Waals surface area contributed by atoms with E-state index in [2.05, 4.69) is 16.6 Å². The monoisotopic (exact) mass is 170 g/mol. The Hall–Kier alpha value is -0.540. The first-order valence-corrected chi connectivity index (χ1v) is 4.41. The van der Waals surface area contributed by atoms with Gasteiger partial charge >= 0.3 is 0 Å². The van der Waals surface area contributed by atoms with E-state index in [0.29, 0.717) is 6.04 Å². The fourth-order valence-corrected chi connectivity index (χ4v) is 1.59. The highest BCUT2D eigenvalue weighted by Gasteiger charge is 2.19. The van der Waals surface area contributed by atoms with Crippen LogP contribution in [0, 0.1) is 0 Å². The van der Waals surface area contributed by atoms with Crippen molar-refractivity contribution in [2.24, 2.45) is 0 Å². The lowest BCUT2D eigenvalue weighted by atomic mass is 10.1. The Kier molecular flexibility index (Phi) is 3.56. The van der Waals surface area contributed by atoms with Crippen molar-refractivity contribution in [2.45, 2.75) is 18.9 Å². The molecule has 1 aliphatic rings. The molecule has 0 radical (unpaired) electrons. The summed E-state index contributed by atoms with van der Waals surface area (Å²) in [7, 11) is 4.08. The average molecular weight is 170 g/mol. The van der Waals surface area contributed by atoms with E-state index in [9.17, 15) is 0 Å². The summed E-state index contributed by atoms with van der Waals surface area (Å²) in [5, 5.41) is 4.24. The van der Waals surface area contributed by atoms with Crippen molar-refractivity contribution in [3.63, 3.8) is 0 Å². The lowest BCUT2D eigenvalue weighted by Gasteiger charge is -2.37. The number of ether oxygens (including phenoxy) is 1. The van der Waals surface area contributed by atoms with E-state index in [0.717, 1.165) is 26.1 Å². The topological polar surface area (TPSA) is 15.7 Å². The fraction of sp³-hybridized carbons (Fsp3) is 0.778. The van der Waals surface area contributed by atoms with Crippen LogP contribution in [0.25, 0.3) is 0 Å². The van der Waals surface area contributed by atoms with Gasteiger partial charge in [-0.3, -0.25) is 0 Å². The van der Waals surface area contributed by atoms with Crippen molar-refractivity contribution in [3.05, 3.63) is 12.8 Å². The smallest absolute Gasteiger partial charge is 0.0494 e. The SMILES string of the molecule is C=CN(C1CCOCC1)N(C)C. The van der Waals surface area contributed by atoms with Crippen molar-refractivity contribution in [2.75, 3.05) is 27.3 Å². The minimum Gasteiger partial charge on any atom is -0.381 e. The molecule has 12 heavy (non-hydrogen) atoms. The Morgan fingerprint density at radius 1 is 1.33 bits per heavy atom. The predicted octanol–water partition coefficient (Wildman–Crippen LogP) is 1.09. The Morgan fingerprint density at radius 3 is 2.33 bits per heavy atom. The van der Waals surface area contributed by atoms with Gasteiger partial charge in [0.25, 0.3) is 0 Å². The third-order valence-corrected chi connectivity index (χ3v) is 2.21. The van der Waals surface area contributed by atoms with Crippen molar-refractivity contribution in [1.29, 1.82) is 0 Å². The molecule has 0 amide bonds. The van der Waals surface area contributed by atoms with E-state index >= 15 is 0 Å². The van der Waals surface area contributed by atoms with E-state index in [4.69, 9.17) is 4.74 Å². The lowest BCUT2D eigenvalue weighted by Crippen LogP contribution is -2.43. The van der Waals surface area contributed by atoms with Crippen molar-refractivity contribution < 1.29 is 4.74 Å². The number of hydrogen-bond acceptors (Lipinski definition) is 3. The van der Waals surface area contributed by atoms with Crippen LogP contribution in [0.3, 0.4) is 0 Å². The molecular weight excluding hydrogens is 152 g/mol. The molecule has 1 heterocycles. The minimum absolute atomic E-state index is 0.575. The Bertz CT molecular complexity index is 141. The molecule has 3 heteroatoms. The summed E-state index contributed by atoms with van der Waals surface area (Å²) in [4.78, 5) is 0. The second-order valence-corrected chi connectivity index (χ2v) is 3.25. The van der Waals surface area contributed by atoms with Crippen LogP contribution in [0.2, 0.25) is 0 Å². The van der Waals surface area contributed by atoms with Gasteiger partial charge in [0.1, 0.15) is 0 Å². The summed E-state index contributed by atoms with van der Waals surface area (Å²) < 4.78 is 5.29. The Labute approximate surface area is 74.6 Å². The van der Waals surface area contributed by atoms with Crippen LogP contribution in [-0.2, 0) is 4.74 Å². The van der Waals surface area contributed by atoms with Crippen molar-refractivity contribution in [1.82, 2.24) is 10.0 Å². The van der Waals surface area contributed by atoms with E-state index in [1.54, 1.807) is 0 Å². The number of nitrogens with zero attached hydrogens (tertiary/aromatic N) is 2. The summed E-state index contributed by atoms with van der Waals surface area (Å²) in [6, 6.07) is 0.575. The van der Waals surface area contributed by atoms with Crippen LogP contribution >= 0.6 is 0 Å². The van der Waals surface area contributed by atoms with Crippen molar-refractivity contribution >= 4 is 0 Å². The predicted molar refractivity (Wildman–Crippen MR) is 49.6 cm³/mol. The van der Waals surface area contributed by atoms with Gasteiger partial charge in [0.15, 0.2) is 0 Å². The molecule has 0 aromatic carbocycles. The molecule has 1 aliphatic heterocycles. The highest BCUT2D eigenvalue weighted by molar-refractivity contribution is 4.78. The fourth-order valence-electron chi connectivity index (χ4n) is 1.59. The first kappa shape index (κ1) is 9.55. The van der Waals surface area contributed by atoms with Crippen molar-refractivity contribution in [3.8, 4) is 0 Å². The zero-order chi connectivity index (χ0) is 8.97.